The molecule has 0 spiro atoms. The van der Waals surface area contributed by atoms with Crippen molar-refractivity contribution in [1.82, 2.24) is 25.0 Å². The van der Waals surface area contributed by atoms with Gasteiger partial charge in [-0.05, 0) is 43.3 Å². The number of hydrogen-bond acceptors (Lipinski definition) is 8. The first-order valence-corrected chi connectivity index (χ1v) is 8.47. The smallest absolute Gasteiger partial charge is 0.356 e. The van der Waals surface area contributed by atoms with Gasteiger partial charge in [-0.15, -0.1) is 5.10 Å². The molecule has 0 amide bonds. The number of nitrogens with one attached hydrogen (secondary N) is 1. The first-order chi connectivity index (χ1) is 13.7. The Labute approximate surface area is 159 Å². The lowest BCUT2D eigenvalue weighted by molar-refractivity contribution is -0.384. The zero-order chi connectivity index (χ0) is 19.5. The molecule has 2 heterocycles. The van der Waals surface area contributed by atoms with E-state index in [1.165, 1.54) is 11.0 Å². The van der Waals surface area contributed by atoms with Gasteiger partial charge in [0.2, 0.25) is 11.6 Å². The lowest BCUT2D eigenvalue weighted by Gasteiger charge is -2.09. The summed E-state index contributed by atoms with van der Waals surface area (Å²) in [6, 6.07) is 14.2. The minimum absolute atomic E-state index is 0.0298. The number of hydrogen-bond donors (Lipinski definition) is 1. The fraction of sp³-hybridized carbons (Fsp3) is 0.111. The maximum atomic E-state index is 11.8. The second kappa shape index (κ2) is 7.27. The lowest BCUT2D eigenvalue weighted by Crippen LogP contribution is -2.09. The third kappa shape index (κ3) is 3.18. The summed E-state index contributed by atoms with van der Waals surface area (Å²) in [5.74, 6) is 0.792. The molecular formula is C18H15N7O3. The third-order valence-electron chi connectivity index (χ3n) is 3.97. The standard InChI is InChI=1S/C18H15N7O3/c1-2-28-13-9-7-12(8-10-13)21-17-16(25(26)27)18(20-11-19-17)24-15-6-4-3-5-14(15)22-23-24/h3-11H,2H2,1H3,(H,19,20,21). The highest BCUT2D eigenvalue weighted by Gasteiger charge is 2.26. The largest absolute Gasteiger partial charge is 0.494 e. The Morgan fingerprint density at radius 1 is 1.14 bits per heavy atom. The van der Waals surface area contributed by atoms with Crippen LogP contribution < -0.4 is 10.1 Å². The first-order valence-electron chi connectivity index (χ1n) is 8.47. The van der Waals surface area contributed by atoms with Gasteiger partial charge in [0.15, 0.2) is 0 Å². The van der Waals surface area contributed by atoms with Crippen molar-refractivity contribution in [2.24, 2.45) is 0 Å². The summed E-state index contributed by atoms with van der Waals surface area (Å²) in [7, 11) is 0. The molecule has 10 nitrogen and oxygen atoms in total. The molecule has 0 bridgehead atoms. The van der Waals surface area contributed by atoms with E-state index < -0.39 is 4.92 Å². The van der Waals surface area contributed by atoms with Gasteiger partial charge in [0.25, 0.3) is 0 Å². The second-order valence-electron chi connectivity index (χ2n) is 5.72. The zero-order valence-electron chi connectivity index (χ0n) is 14.8. The minimum atomic E-state index is -0.539. The van der Waals surface area contributed by atoms with Crippen LogP contribution in [0.2, 0.25) is 0 Å². The lowest BCUT2D eigenvalue weighted by atomic mass is 10.3. The first kappa shape index (κ1) is 17.3. The van der Waals surface area contributed by atoms with Crippen LogP contribution in [0.5, 0.6) is 5.75 Å². The molecule has 4 aromatic rings. The van der Waals surface area contributed by atoms with E-state index >= 15 is 0 Å². The van der Waals surface area contributed by atoms with Gasteiger partial charge in [-0.25, -0.2) is 9.97 Å². The Balaban J connectivity index is 1.77. The van der Waals surface area contributed by atoms with Crippen LogP contribution in [-0.4, -0.2) is 36.5 Å². The summed E-state index contributed by atoms with van der Waals surface area (Å²) < 4.78 is 6.73. The Kier molecular flexibility index (Phi) is 4.50. The van der Waals surface area contributed by atoms with Gasteiger partial charge in [0.1, 0.15) is 17.6 Å². The van der Waals surface area contributed by atoms with Crippen molar-refractivity contribution < 1.29 is 9.66 Å². The van der Waals surface area contributed by atoms with Gasteiger partial charge in [0.05, 0.1) is 17.0 Å². The highest BCUT2D eigenvalue weighted by atomic mass is 16.6. The highest BCUT2D eigenvalue weighted by Crippen LogP contribution is 2.31. The summed E-state index contributed by atoms with van der Waals surface area (Å²) in [4.78, 5) is 19.4. The minimum Gasteiger partial charge on any atom is -0.494 e. The molecular weight excluding hydrogens is 362 g/mol. The molecule has 28 heavy (non-hydrogen) atoms. The van der Waals surface area contributed by atoms with Gasteiger partial charge in [-0.3, -0.25) is 10.1 Å². The van der Waals surface area contributed by atoms with Crippen molar-refractivity contribution in [3.8, 4) is 11.6 Å². The van der Waals surface area contributed by atoms with Crippen LogP contribution in [0.25, 0.3) is 16.9 Å². The van der Waals surface area contributed by atoms with Crippen molar-refractivity contribution in [1.29, 1.82) is 0 Å². The molecule has 1 N–H and O–H groups in total. The van der Waals surface area contributed by atoms with E-state index in [1.54, 1.807) is 42.5 Å². The van der Waals surface area contributed by atoms with Crippen LogP contribution in [0.3, 0.4) is 0 Å². The van der Waals surface area contributed by atoms with Gasteiger partial charge in [0, 0.05) is 5.69 Å². The quantitative estimate of drug-likeness (QED) is 0.401. The van der Waals surface area contributed by atoms with Crippen molar-refractivity contribution in [2.45, 2.75) is 6.92 Å². The molecule has 10 heteroatoms. The van der Waals surface area contributed by atoms with Crippen LogP contribution in [-0.2, 0) is 0 Å². The van der Waals surface area contributed by atoms with Gasteiger partial charge < -0.3 is 10.1 Å². The maximum Gasteiger partial charge on any atom is 0.356 e. The molecule has 2 aromatic heterocycles. The molecule has 2 aromatic carbocycles. The number of ether oxygens (including phenoxy) is 1. The van der Waals surface area contributed by atoms with E-state index in [9.17, 15) is 10.1 Å². The molecule has 4 rings (SSSR count). The SMILES string of the molecule is CCOc1ccc(Nc2ncnc(-n3nnc4ccccc43)c2[N+](=O)[O-])cc1. The number of nitro groups is 1. The van der Waals surface area contributed by atoms with Crippen LogP contribution in [0.1, 0.15) is 6.92 Å². The number of fused-ring (bicyclic) bond motifs is 1. The maximum absolute atomic E-state index is 11.8. The molecule has 140 valence electrons. The molecule has 0 aliphatic heterocycles. The van der Waals surface area contributed by atoms with E-state index in [0.717, 1.165) is 0 Å². The number of rotatable bonds is 6. The zero-order valence-corrected chi connectivity index (χ0v) is 14.8. The average molecular weight is 377 g/mol. The fourth-order valence-corrected chi connectivity index (χ4v) is 2.75. The Hall–Kier alpha value is -4.08. The van der Waals surface area contributed by atoms with E-state index in [1.807, 2.05) is 13.0 Å². The number of anilines is 2. The number of aromatic nitrogens is 5. The third-order valence-corrected chi connectivity index (χ3v) is 3.97. The van der Waals surface area contributed by atoms with Crippen molar-refractivity contribution >= 4 is 28.2 Å². The van der Waals surface area contributed by atoms with Crippen molar-refractivity contribution in [3.05, 3.63) is 65.0 Å². The molecule has 0 saturated carbocycles. The molecule has 0 radical (unpaired) electrons. The number of nitrogens with zero attached hydrogens (tertiary/aromatic N) is 6. The summed E-state index contributed by atoms with van der Waals surface area (Å²) in [5, 5.41) is 22.8. The monoisotopic (exact) mass is 377 g/mol. The van der Waals surface area contributed by atoms with E-state index in [4.69, 9.17) is 4.74 Å². The van der Waals surface area contributed by atoms with Gasteiger partial charge in [-0.1, -0.05) is 17.3 Å². The molecule has 0 unspecified atom stereocenters. The van der Waals surface area contributed by atoms with Crippen molar-refractivity contribution in [3.63, 3.8) is 0 Å². The Morgan fingerprint density at radius 2 is 1.93 bits per heavy atom. The van der Waals surface area contributed by atoms with Crippen molar-refractivity contribution in [2.75, 3.05) is 11.9 Å². The van der Waals surface area contributed by atoms with Gasteiger partial charge >= 0.3 is 5.69 Å². The molecule has 0 fully saturated rings. The summed E-state index contributed by atoms with van der Waals surface area (Å²) in [6.07, 6.45) is 1.25. The highest BCUT2D eigenvalue weighted by molar-refractivity contribution is 5.78. The topological polar surface area (TPSA) is 121 Å². The van der Waals surface area contributed by atoms with E-state index in [-0.39, 0.29) is 17.3 Å². The number of para-hydroxylation sites is 1. The molecule has 0 aliphatic rings. The Morgan fingerprint density at radius 3 is 2.68 bits per heavy atom. The molecule has 0 atom stereocenters. The predicted molar refractivity (Wildman–Crippen MR) is 102 cm³/mol. The van der Waals surface area contributed by atoms with Crippen LogP contribution in [0.4, 0.5) is 17.2 Å². The second-order valence-corrected chi connectivity index (χ2v) is 5.72. The van der Waals surface area contributed by atoms with E-state index in [0.29, 0.717) is 29.1 Å². The summed E-state index contributed by atoms with van der Waals surface area (Å²) in [6.45, 7) is 2.45. The van der Waals surface area contributed by atoms with E-state index in [2.05, 4.69) is 25.6 Å². The molecule has 0 saturated heterocycles. The van der Waals surface area contributed by atoms with Crippen LogP contribution in [0.15, 0.2) is 54.9 Å². The summed E-state index contributed by atoms with van der Waals surface area (Å²) in [5.41, 5.74) is 1.54. The Bertz CT molecular complexity index is 1140. The summed E-state index contributed by atoms with van der Waals surface area (Å²) >= 11 is 0. The van der Waals surface area contributed by atoms with Crippen LogP contribution >= 0.6 is 0 Å². The molecule has 0 aliphatic carbocycles. The normalized spacial score (nSPS) is 10.8. The average Bonchev–Trinajstić information content (AvgIpc) is 3.13. The van der Waals surface area contributed by atoms with Gasteiger partial charge in [-0.2, -0.15) is 4.68 Å². The van der Waals surface area contributed by atoms with Crippen LogP contribution in [0, 0.1) is 10.1 Å². The fourth-order valence-electron chi connectivity index (χ4n) is 2.75. The number of benzene rings is 2. The predicted octanol–water partition coefficient (Wildman–Crippen LogP) is 3.26.